The van der Waals surface area contributed by atoms with Crippen LogP contribution >= 0.6 is 11.3 Å². The Hall–Kier alpha value is -3.07. The summed E-state index contributed by atoms with van der Waals surface area (Å²) in [5.74, 6) is 6.29. The van der Waals surface area contributed by atoms with Crippen LogP contribution in [0, 0.1) is 11.8 Å². The summed E-state index contributed by atoms with van der Waals surface area (Å²) in [5, 5.41) is 9.13. The highest BCUT2D eigenvalue weighted by atomic mass is 32.1. The third kappa shape index (κ3) is 6.14. The fourth-order valence-electron chi connectivity index (χ4n) is 4.76. The van der Waals surface area contributed by atoms with E-state index in [2.05, 4.69) is 58.4 Å². The average molecular weight is 486 g/mol. The Morgan fingerprint density at radius 2 is 1.97 bits per heavy atom. The minimum Gasteiger partial charge on any atom is -0.489 e. The molecule has 0 spiro atoms. The number of ether oxygens (including phenoxy) is 1. The lowest BCUT2D eigenvalue weighted by atomic mass is 9.96. The molecule has 180 valence electrons. The van der Waals surface area contributed by atoms with Crippen LogP contribution in [0.4, 0.5) is 0 Å². The van der Waals surface area contributed by atoms with Crippen molar-refractivity contribution in [3.63, 3.8) is 0 Å². The van der Waals surface area contributed by atoms with Crippen LogP contribution in [0.3, 0.4) is 0 Å². The highest BCUT2D eigenvalue weighted by molar-refractivity contribution is 7.12. The molecule has 2 aliphatic rings. The van der Waals surface area contributed by atoms with Crippen LogP contribution in [0.2, 0.25) is 0 Å². The molecule has 5 heteroatoms. The first kappa shape index (κ1) is 23.7. The molecule has 1 atom stereocenters. The predicted molar refractivity (Wildman–Crippen MR) is 140 cm³/mol. The molecule has 3 aromatic rings. The van der Waals surface area contributed by atoms with Crippen LogP contribution < -0.4 is 4.74 Å². The molecule has 35 heavy (non-hydrogen) atoms. The molecule has 1 unspecified atom stereocenters. The van der Waals surface area contributed by atoms with Crippen molar-refractivity contribution < 1.29 is 14.6 Å². The second kappa shape index (κ2) is 10.7. The fourth-order valence-corrected chi connectivity index (χ4v) is 6.09. The van der Waals surface area contributed by atoms with Crippen LogP contribution in [-0.4, -0.2) is 22.5 Å². The standard InChI is InChI=1S/C30H31NO3S/c1-2-4-25(17-30(32)33)23-9-11-27(12-10-23)34-20-22-6-3-5-21(15-22)18-31-14-13-28-26(19-31)16-29(35-28)24-7-8-24/h3,5-6,9-12,15-16,24-25H,7-8,13-14,17-20H2,1H3,(H,32,33). The minimum absolute atomic E-state index is 0.000255. The highest BCUT2D eigenvalue weighted by Crippen LogP contribution is 2.45. The van der Waals surface area contributed by atoms with E-state index in [9.17, 15) is 4.79 Å². The van der Waals surface area contributed by atoms with E-state index in [1.807, 2.05) is 24.3 Å². The Morgan fingerprint density at radius 1 is 1.17 bits per heavy atom. The lowest BCUT2D eigenvalue weighted by molar-refractivity contribution is -0.137. The predicted octanol–water partition coefficient (Wildman–Crippen LogP) is 6.34. The number of hydrogen-bond donors (Lipinski definition) is 1. The van der Waals surface area contributed by atoms with Crippen LogP contribution in [0.5, 0.6) is 5.75 Å². The average Bonchev–Trinajstić information content (AvgIpc) is 3.62. The Labute approximate surface area is 211 Å². The molecule has 1 aromatic heterocycles. The maximum atomic E-state index is 11.1. The maximum absolute atomic E-state index is 11.1. The minimum atomic E-state index is -0.846. The molecule has 1 aliphatic carbocycles. The van der Waals surface area contributed by atoms with Gasteiger partial charge < -0.3 is 9.84 Å². The van der Waals surface area contributed by atoms with Gasteiger partial charge in [0, 0.05) is 29.4 Å². The monoisotopic (exact) mass is 485 g/mol. The van der Waals surface area contributed by atoms with Gasteiger partial charge in [0.25, 0.3) is 0 Å². The van der Waals surface area contributed by atoms with E-state index >= 15 is 0 Å². The van der Waals surface area contributed by atoms with E-state index in [-0.39, 0.29) is 12.3 Å². The maximum Gasteiger partial charge on any atom is 0.304 e. The molecule has 2 heterocycles. The summed E-state index contributed by atoms with van der Waals surface area (Å²) in [4.78, 5) is 16.9. The number of hydrogen-bond acceptors (Lipinski definition) is 4. The molecule has 2 aromatic carbocycles. The quantitative estimate of drug-likeness (QED) is 0.359. The topological polar surface area (TPSA) is 49.8 Å². The van der Waals surface area contributed by atoms with Gasteiger partial charge in [-0.1, -0.05) is 42.3 Å². The van der Waals surface area contributed by atoms with Gasteiger partial charge in [0.05, 0.1) is 12.3 Å². The van der Waals surface area contributed by atoms with E-state index in [1.165, 1.54) is 24.8 Å². The van der Waals surface area contributed by atoms with Crippen molar-refractivity contribution in [2.75, 3.05) is 6.54 Å². The van der Waals surface area contributed by atoms with Crippen molar-refractivity contribution in [1.29, 1.82) is 0 Å². The third-order valence-corrected chi connectivity index (χ3v) is 8.13. The van der Waals surface area contributed by atoms with Crippen molar-refractivity contribution in [3.05, 3.63) is 86.6 Å². The second-order valence-electron chi connectivity index (χ2n) is 9.55. The third-order valence-electron chi connectivity index (χ3n) is 6.73. The molecular formula is C30H31NO3S. The Morgan fingerprint density at radius 3 is 2.71 bits per heavy atom. The summed E-state index contributed by atoms with van der Waals surface area (Å²) in [7, 11) is 0. The van der Waals surface area contributed by atoms with Gasteiger partial charge in [-0.2, -0.15) is 0 Å². The summed E-state index contributed by atoms with van der Waals surface area (Å²) in [6.07, 6.45) is 3.92. The van der Waals surface area contributed by atoms with Gasteiger partial charge in [0.1, 0.15) is 12.4 Å². The van der Waals surface area contributed by atoms with Crippen molar-refractivity contribution in [1.82, 2.24) is 4.90 Å². The number of aliphatic carboxylic acids is 1. The Kier molecular flexibility index (Phi) is 7.22. The largest absolute Gasteiger partial charge is 0.489 e. The van der Waals surface area contributed by atoms with E-state index in [4.69, 9.17) is 9.84 Å². The number of carboxylic acids is 1. The lowest BCUT2D eigenvalue weighted by Crippen LogP contribution is -2.29. The highest BCUT2D eigenvalue weighted by Gasteiger charge is 2.28. The van der Waals surface area contributed by atoms with Gasteiger partial charge in [0.15, 0.2) is 0 Å². The molecule has 1 N–H and O–H groups in total. The van der Waals surface area contributed by atoms with Crippen LogP contribution in [0.25, 0.3) is 0 Å². The Bertz CT molecular complexity index is 1250. The summed E-state index contributed by atoms with van der Waals surface area (Å²) in [6, 6.07) is 18.7. The first-order chi connectivity index (χ1) is 17.1. The van der Waals surface area contributed by atoms with Gasteiger partial charge in [-0.05, 0) is 72.6 Å². The molecule has 1 saturated carbocycles. The smallest absolute Gasteiger partial charge is 0.304 e. The number of nitrogens with zero attached hydrogens (tertiary/aromatic N) is 1. The summed E-state index contributed by atoms with van der Waals surface area (Å²) < 4.78 is 6.03. The fraction of sp³-hybridized carbons (Fsp3) is 0.367. The van der Waals surface area contributed by atoms with Crippen molar-refractivity contribution in [3.8, 4) is 17.6 Å². The van der Waals surface area contributed by atoms with Gasteiger partial charge in [-0.25, -0.2) is 0 Å². The molecule has 0 amide bonds. The molecule has 5 rings (SSSR count). The van der Waals surface area contributed by atoms with Crippen LogP contribution in [0.15, 0.2) is 54.6 Å². The number of carboxylic acid groups (broad SMARTS) is 1. The van der Waals surface area contributed by atoms with Crippen LogP contribution in [-0.2, 0) is 30.9 Å². The lowest BCUT2D eigenvalue weighted by Gasteiger charge is -2.27. The van der Waals surface area contributed by atoms with E-state index in [0.717, 1.165) is 42.4 Å². The zero-order valence-electron chi connectivity index (χ0n) is 20.1. The molecule has 1 fully saturated rings. The normalized spacial score (nSPS) is 16.1. The first-order valence-corrected chi connectivity index (χ1v) is 13.2. The molecule has 0 bridgehead atoms. The van der Waals surface area contributed by atoms with E-state index in [0.29, 0.717) is 6.61 Å². The first-order valence-electron chi connectivity index (χ1n) is 12.4. The van der Waals surface area contributed by atoms with E-state index < -0.39 is 5.97 Å². The number of thiophene rings is 1. The molecule has 1 aliphatic heterocycles. The Balaban J connectivity index is 1.16. The summed E-state index contributed by atoms with van der Waals surface area (Å²) in [5.41, 5.74) is 4.91. The number of rotatable bonds is 9. The number of carbonyl (C=O) groups is 1. The van der Waals surface area contributed by atoms with Crippen molar-refractivity contribution in [2.45, 2.75) is 64.1 Å². The van der Waals surface area contributed by atoms with Crippen molar-refractivity contribution in [2.24, 2.45) is 0 Å². The number of benzene rings is 2. The zero-order chi connectivity index (χ0) is 24.2. The SMILES string of the molecule is CC#CC(CC(=O)O)c1ccc(OCc2cccc(CN3CCc4sc(C5CC5)cc4C3)c2)cc1. The molecule has 0 saturated heterocycles. The second-order valence-corrected chi connectivity index (χ2v) is 10.7. The summed E-state index contributed by atoms with van der Waals surface area (Å²) in [6.45, 7) is 5.36. The van der Waals surface area contributed by atoms with Gasteiger partial charge in [0.2, 0.25) is 0 Å². The zero-order valence-corrected chi connectivity index (χ0v) is 20.9. The molecule has 0 radical (unpaired) electrons. The van der Waals surface area contributed by atoms with E-state index in [1.54, 1.807) is 22.2 Å². The molecule has 4 nitrogen and oxygen atoms in total. The summed E-state index contributed by atoms with van der Waals surface area (Å²) >= 11 is 2.05. The van der Waals surface area contributed by atoms with Crippen molar-refractivity contribution >= 4 is 17.3 Å². The van der Waals surface area contributed by atoms with Gasteiger partial charge >= 0.3 is 5.97 Å². The molecular weight excluding hydrogens is 454 g/mol. The van der Waals surface area contributed by atoms with Crippen LogP contribution in [0.1, 0.15) is 70.0 Å². The van der Waals surface area contributed by atoms with Gasteiger partial charge in [-0.3, -0.25) is 9.69 Å². The number of fused-ring (bicyclic) bond motifs is 1. The van der Waals surface area contributed by atoms with Gasteiger partial charge in [-0.15, -0.1) is 17.3 Å².